The summed E-state index contributed by atoms with van der Waals surface area (Å²) in [5, 5.41) is 4.12. The van der Waals surface area contributed by atoms with Crippen molar-refractivity contribution in [3.63, 3.8) is 0 Å². The van der Waals surface area contributed by atoms with E-state index in [9.17, 15) is 4.79 Å². The van der Waals surface area contributed by atoms with E-state index in [1.54, 1.807) is 29.8 Å². The van der Waals surface area contributed by atoms with E-state index in [1.165, 1.54) is 0 Å². The molecule has 0 N–H and O–H groups in total. The van der Waals surface area contributed by atoms with Gasteiger partial charge in [-0.05, 0) is 42.0 Å². The van der Waals surface area contributed by atoms with Gasteiger partial charge in [-0.25, -0.2) is 0 Å². The molecule has 3 aromatic carbocycles. The van der Waals surface area contributed by atoms with Crippen LogP contribution in [0.4, 0.5) is 5.69 Å². The molecule has 4 aromatic rings. The summed E-state index contributed by atoms with van der Waals surface area (Å²) in [4.78, 5) is 20.9. The van der Waals surface area contributed by atoms with Crippen molar-refractivity contribution in [2.24, 2.45) is 0 Å². The highest BCUT2D eigenvalue weighted by Crippen LogP contribution is 2.42. The van der Waals surface area contributed by atoms with Gasteiger partial charge in [-0.2, -0.15) is 4.98 Å². The Bertz CT molecular complexity index is 1260. The molecular weight excluding hydrogens is 394 g/mol. The zero-order chi connectivity index (χ0) is 20.5. The molecule has 0 saturated heterocycles. The third kappa shape index (κ3) is 3.42. The van der Waals surface area contributed by atoms with Crippen molar-refractivity contribution in [2.45, 2.75) is 9.79 Å². The van der Waals surface area contributed by atoms with Gasteiger partial charge in [0.25, 0.3) is 11.8 Å². The van der Waals surface area contributed by atoms with Gasteiger partial charge in [0.05, 0.1) is 11.3 Å². The highest BCUT2D eigenvalue weighted by Gasteiger charge is 2.25. The monoisotopic (exact) mass is 411 g/mol. The average Bonchev–Trinajstić information content (AvgIpc) is 3.23. The lowest BCUT2D eigenvalue weighted by Gasteiger charge is -2.17. The summed E-state index contributed by atoms with van der Waals surface area (Å²) < 4.78 is 5.38. The number of carbonyl (C=O) groups excluding carboxylic acids is 1. The molecule has 1 aromatic heterocycles. The predicted molar refractivity (Wildman–Crippen MR) is 118 cm³/mol. The van der Waals surface area contributed by atoms with Gasteiger partial charge in [-0.15, -0.1) is 0 Å². The molecule has 30 heavy (non-hydrogen) atoms. The summed E-state index contributed by atoms with van der Waals surface area (Å²) in [6.07, 6.45) is 3.73. The third-order valence-electron chi connectivity index (χ3n) is 4.88. The number of aromatic nitrogens is 2. The van der Waals surface area contributed by atoms with Crippen LogP contribution in [-0.4, -0.2) is 23.1 Å². The minimum Gasteiger partial charge on any atom is -0.334 e. The Morgan fingerprint density at radius 1 is 0.933 bits per heavy atom. The van der Waals surface area contributed by atoms with Crippen molar-refractivity contribution >= 4 is 35.5 Å². The van der Waals surface area contributed by atoms with Gasteiger partial charge in [0.1, 0.15) is 0 Å². The minimum absolute atomic E-state index is 0.0162. The van der Waals surface area contributed by atoms with Crippen molar-refractivity contribution in [2.75, 3.05) is 11.9 Å². The lowest BCUT2D eigenvalue weighted by atomic mass is 10.1. The van der Waals surface area contributed by atoms with E-state index in [0.29, 0.717) is 17.3 Å². The fourth-order valence-electron chi connectivity index (χ4n) is 3.30. The molecule has 6 heteroatoms. The van der Waals surface area contributed by atoms with E-state index in [1.807, 2.05) is 78.9 Å². The van der Waals surface area contributed by atoms with Crippen LogP contribution in [0.25, 0.3) is 23.5 Å². The Hall–Kier alpha value is -3.64. The van der Waals surface area contributed by atoms with E-state index < -0.39 is 0 Å². The van der Waals surface area contributed by atoms with Crippen molar-refractivity contribution in [3.8, 4) is 11.4 Å². The predicted octanol–water partition coefficient (Wildman–Crippen LogP) is 5.65. The molecule has 0 saturated carbocycles. The molecule has 0 radical (unpaired) electrons. The van der Waals surface area contributed by atoms with Crippen LogP contribution in [0.1, 0.15) is 21.8 Å². The molecule has 0 unspecified atom stereocenters. The van der Waals surface area contributed by atoms with E-state index in [0.717, 1.165) is 26.6 Å². The van der Waals surface area contributed by atoms with E-state index in [2.05, 4.69) is 10.1 Å². The van der Waals surface area contributed by atoms with E-state index in [4.69, 9.17) is 4.52 Å². The minimum atomic E-state index is -0.0162. The lowest BCUT2D eigenvalue weighted by Crippen LogP contribution is -2.25. The van der Waals surface area contributed by atoms with Crippen LogP contribution in [-0.2, 0) is 0 Å². The molecule has 1 aliphatic heterocycles. The van der Waals surface area contributed by atoms with Gasteiger partial charge in [-0.1, -0.05) is 59.4 Å². The van der Waals surface area contributed by atoms with Gasteiger partial charge >= 0.3 is 0 Å². The van der Waals surface area contributed by atoms with Crippen LogP contribution < -0.4 is 4.90 Å². The fraction of sp³-hybridized carbons (Fsp3) is 0.0417. The summed E-state index contributed by atoms with van der Waals surface area (Å²) in [6.45, 7) is 0. The number of nitrogens with zero attached hydrogens (tertiary/aromatic N) is 3. The Morgan fingerprint density at radius 2 is 1.73 bits per heavy atom. The molecule has 0 spiro atoms. The molecule has 1 aliphatic rings. The van der Waals surface area contributed by atoms with Crippen LogP contribution in [0.15, 0.2) is 87.1 Å². The van der Waals surface area contributed by atoms with Crippen molar-refractivity contribution < 1.29 is 9.32 Å². The van der Waals surface area contributed by atoms with Gasteiger partial charge in [0, 0.05) is 28.5 Å². The lowest BCUT2D eigenvalue weighted by molar-refractivity contribution is 0.0990. The van der Waals surface area contributed by atoms with Crippen LogP contribution >= 0.6 is 11.8 Å². The third-order valence-corrected chi connectivity index (χ3v) is 6.00. The Labute approximate surface area is 178 Å². The average molecular weight is 411 g/mol. The summed E-state index contributed by atoms with van der Waals surface area (Å²) in [5.74, 6) is 0.934. The first-order chi connectivity index (χ1) is 14.7. The van der Waals surface area contributed by atoms with Crippen molar-refractivity contribution in [3.05, 3.63) is 89.8 Å². The van der Waals surface area contributed by atoms with Crippen molar-refractivity contribution in [1.29, 1.82) is 0 Å². The molecule has 2 heterocycles. The quantitative estimate of drug-likeness (QED) is 0.436. The van der Waals surface area contributed by atoms with E-state index >= 15 is 0 Å². The number of hydrogen-bond donors (Lipinski definition) is 0. The second kappa shape index (κ2) is 7.65. The summed E-state index contributed by atoms with van der Waals surface area (Å²) in [7, 11) is 1.80. The largest absolute Gasteiger partial charge is 0.334 e. The molecule has 1 amide bonds. The second-order valence-electron chi connectivity index (χ2n) is 6.85. The molecule has 0 fully saturated rings. The highest BCUT2D eigenvalue weighted by atomic mass is 32.2. The zero-order valence-corrected chi connectivity index (χ0v) is 17.0. The van der Waals surface area contributed by atoms with Crippen LogP contribution in [0.5, 0.6) is 0 Å². The van der Waals surface area contributed by atoms with Crippen LogP contribution in [0, 0.1) is 0 Å². The summed E-state index contributed by atoms with van der Waals surface area (Å²) in [5.41, 5.74) is 3.46. The maximum atomic E-state index is 12.8. The molecule has 5 rings (SSSR count). The fourth-order valence-corrected chi connectivity index (χ4v) is 4.45. The molecule has 5 nitrogen and oxygen atoms in total. The maximum Gasteiger partial charge on any atom is 0.259 e. The van der Waals surface area contributed by atoms with Crippen molar-refractivity contribution in [1.82, 2.24) is 10.1 Å². The molecule has 146 valence electrons. The Kier molecular flexibility index (Phi) is 4.69. The number of fused-ring (bicyclic) bond motifs is 2. The number of amides is 1. The second-order valence-corrected chi connectivity index (χ2v) is 7.93. The first kappa shape index (κ1) is 18.4. The number of benzene rings is 3. The topological polar surface area (TPSA) is 59.2 Å². The maximum absolute atomic E-state index is 12.8. The number of rotatable bonds is 3. The zero-order valence-electron chi connectivity index (χ0n) is 16.1. The Morgan fingerprint density at radius 3 is 2.60 bits per heavy atom. The van der Waals surface area contributed by atoms with Gasteiger partial charge in [0.2, 0.25) is 5.82 Å². The van der Waals surface area contributed by atoms with Gasteiger partial charge in [-0.3, -0.25) is 4.79 Å². The molecular formula is C24H17N3O2S. The van der Waals surface area contributed by atoms with Gasteiger partial charge < -0.3 is 9.42 Å². The first-order valence-electron chi connectivity index (χ1n) is 9.45. The molecule has 0 atom stereocenters. The number of anilines is 1. The molecule has 0 bridgehead atoms. The smallest absolute Gasteiger partial charge is 0.259 e. The highest BCUT2D eigenvalue weighted by molar-refractivity contribution is 7.99. The standard InChI is InChI=1S/C24H17N3O2S/c1-27-19-13-12-17(15-21(19)30-20-10-6-5-9-18(20)24(27)28)23-25-22(29-26-23)14-11-16-7-3-2-4-8-16/h2-15H,1H3. The van der Waals surface area contributed by atoms with Crippen LogP contribution in [0.2, 0.25) is 0 Å². The molecule has 0 aliphatic carbocycles. The first-order valence-corrected chi connectivity index (χ1v) is 10.3. The van der Waals surface area contributed by atoms with Gasteiger partial charge in [0.15, 0.2) is 0 Å². The Balaban J connectivity index is 1.47. The van der Waals surface area contributed by atoms with E-state index in [-0.39, 0.29) is 5.91 Å². The number of hydrogen-bond acceptors (Lipinski definition) is 5. The SMILES string of the molecule is CN1C(=O)c2ccccc2Sc2cc(-c3noc(C=Cc4ccccc4)n3)ccc21. The number of carbonyl (C=O) groups is 1. The van der Waals surface area contributed by atoms with Crippen LogP contribution in [0.3, 0.4) is 0 Å². The summed E-state index contributed by atoms with van der Waals surface area (Å²) >= 11 is 1.57. The normalized spacial score (nSPS) is 13.2. The summed E-state index contributed by atoms with van der Waals surface area (Å²) in [6, 6.07) is 23.4.